The van der Waals surface area contributed by atoms with Gasteiger partial charge in [-0.1, -0.05) is 18.2 Å². The van der Waals surface area contributed by atoms with E-state index in [1.807, 2.05) is 30.5 Å². The summed E-state index contributed by atoms with van der Waals surface area (Å²) in [6, 6.07) is 11.1. The zero-order chi connectivity index (χ0) is 24.4. The van der Waals surface area contributed by atoms with E-state index in [0.29, 0.717) is 38.5 Å². The Morgan fingerprint density at radius 3 is 2.51 bits per heavy atom. The van der Waals surface area contributed by atoms with Crippen LogP contribution < -0.4 is 0 Å². The lowest BCUT2D eigenvalue weighted by Crippen LogP contribution is -2.51. The van der Waals surface area contributed by atoms with E-state index >= 15 is 0 Å². The minimum absolute atomic E-state index is 0.0437. The summed E-state index contributed by atoms with van der Waals surface area (Å²) in [5, 5.41) is 1.05. The van der Waals surface area contributed by atoms with Crippen molar-refractivity contribution in [2.24, 2.45) is 0 Å². The van der Waals surface area contributed by atoms with Gasteiger partial charge in [-0.3, -0.25) is 9.59 Å². The number of aromatic nitrogens is 2. The highest BCUT2D eigenvalue weighted by Gasteiger charge is 2.25. The van der Waals surface area contributed by atoms with Gasteiger partial charge in [0.1, 0.15) is 11.6 Å². The van der Waals surface area contributed by atoms with Gasteiger partial charge in [-0.25, -0.2) is 13.8 Å². The number of aromatic amines is 1. The van der Waals surface area contributed by atoms with Gasteiger partial charge in [0.25, 0.3) is 0 Å². The van der Waals surface area contributed by atoms with Crippen LogP contribution in [-0.2, 0) is 22.4 Å². The Morgan fingerprint density at radius 1 is 1.00 bits per heavy atom. The van der Waals surface area contributed by atoms with E-state index in [9.17, 15) is 18.4 Å². The number of oxazole rings is 1. The number of piperazine rings is 1. The van der Waals surface area contributed by atoms with Gasteiger partial charge in [-0.2, -0.15) is 0 Å². The number of benzene rings is 2. The molecule has 0 aliphatic carbocycles. The number of hydrogen-bond donors (Lipinski definition) is 1. The number of H-pyrrole nitrogens is 1. The molecule has 180 valence electrons. The standard InChI is InChI=1S/C26H24F2N4O3/c27-18-5-6-20(21(28)14-18)23-16-30-24(35-23)7-8-25(33)31-9-11-32(12-10-31)26(34)13-17-15-29-22-4-2-1-3-19(17)22/h1-6,14-16,29H,7-13H2. The molecule has 2 amide bonds. The number of carbonyl (C=O) groups is 2. The summed E-state index contributed by atoms with van der Waals surface area (Å²) in [5.74, 6) is -0.919. The molecule has 3 heterocycles. The molecule has 2 aromatic heterocycles. The van der Waals surface area contributed by atoms with Crippen LogP contribution in [0, 0.1) is 11.6 Å². The van der Waals surface area contributed by atoms with Crippen LogP contribution in [0.1, 0.15) is 17.9 Å². The quantitative estimate of drug-likeness (QED) is 0.455. The lowest BCUT2D eigenvalue weighted by molar-refractivity contribution is -0.139. The first-order chi connectivity index (χ1) is 17.0. The molecule has 35 heavy (non-hydrogen) atoms. The topological polar surface area (TPSA) is 82.4 Å². The molecule has 0 bridgehead atoms. The smallest absolute Gasteiger partial charge is 0.227 e. The van der Waals surface area contributed by atoms with Crippen molar-refractivity contribution < 1.29 is 22.8 Å². The number of carbonyl (C=O) groups excluding carboxylic acids is 2. The Balaban J connectivity index is 1.11. The van der Waals surface area contributed by atoms with Crippen molar-refractivity contribution in [1.82, 2.24) is 19.8 Å². The minimum Gasteiger partial charge on any atom is -0.441 e. The van der Waals surface area contributed by atoms with Crippen molar-refractivity contribution in [2.45, 2.75) is 19.3 Å². The average molecular weight is 478 g/mol. The molecule has 1 fully saturated rings. The summed E-state index contributed by atoms with van der Waals surface area (Å²) < 4.78 is 32.6. The van der Waals surface area contributed by atoms with Gasteiger partial charge in [0, 0.05) is 62.2 Å². The zero-order valence-corrected chi connectivity index (χ0v) is 19.0. The number of aryl methyl sites for hydroxylation is 1. The summed E-state index contributed by atoms with van der Waals surface area (Å²) >= 11 is 0. The Bertz CT molecular complexity index is 1370. The fourth-order valence-corrected chi connectivity index (χ4v) is 4.37. The molecule has 1 aliphatic heterocycles. The molecule has 5 rings (SSSR count). The number of halogens is 2. The second-order valence-corrected chi connectivity index (χ2v) is 8.54. The van der Waals surface area contributed by atoms with Gasteiger partial charge in [-0.05, 0) is 23.8 Å². The van der Waals surface area contributed by atoms with Crippen LogP contribution in [-0.4, -0.2) is 57.8 Å². The number of hydrogen-bond acceptors (Lipinski definition) is 4. The number of amides is 2. The molecule has 7 nitrogen and oxygen atoms in total. The molecule has 0 radical (unpaired) electrons. The van der Waals surface area contributed by atoms with Gasteiger partial charge in [0.05, 0.1) is 18.2 Å². The maximum absolute atomic E-state index is 13.9. The second-order valence-electron chi connectivity index (χ2n) is 8.54. The molecular weight excluding hydrogens is 454 g/mol. The molecule has 4 aromatic rings. The highest BCUT2D eigenvalue weighted by atomic mass is 19.1. The first-order valence-corrected chi connectivity index (χ1v) is 11.5. The molecule has 9 heteroatoms. The highest BCUT2D eigenvalue weighted by Crippen LogP contribution is 2.25. The predicted octanol–water partition coefficient (Wildman–Crippen LogP) is 3.95. The summed E-state index contributed by atoms with van der Waals surface area (Å²) in [4.78, 5) is 36.3. The third-order valence-corrected chi connectivity index (χ3v) is 6.30. The number of rotatable bonds is 6. The molecule has 0 spiro atoms. The van der Waals surface area contributed by atoms with Crippen LogP contribution in [0.5, 0.6) is 0 Å². The molecule has 1 saturated heterocycles. The first kappa shape index (κ1) is 22.8. The van der Waals surface area contributed by atoms with Crippen molar-refractivity contribution >= 4 is 22.7 Å². The summed E-state index contributed by atoms with van der Waals surface area (Å²) in [5.41, 5.74) is 2.09. The maximum atomic E-state index is 13.9. The van der Waals surface area contributed by atoms with Crippen LogP contribution in [0.4, 0.5) is 8.78 Å². The van der Waals surface area contributed by atoms with E-state index in [0.717, 1.165) is 28.6 Å². The van der Waals surface area contributed by atoms with E-state index in [2.05, 4.69) is 9.97 Å². The summed E-state index contributed by atoms with van der Waals surface area (Å²) in [6.07, 6.45) is 4.02. The molecule has 0 unspecified atom stereocenters. The van der Waals surface area contributed by atoms with Gasteiger partial charge >= 0.3 is 0 Å². The Morgan fingerprint density at radius 2 is 1.74 bits per heavy atom. The van der Waals surface area contributed by atoms with E-state index in [4.69, 9.17) is 4.42 Å². The van der Waals surface area contributed by atoms with Crippen LogP contribution >= 0.6 is 0 Å². The van der Waals surface area contributed by atoms with Gasteiger partial charge in [-0.15, -0.1) is 0 Å². The van der Waals surface area contributed by atoms with Crippen LogP contribution in [0.3, 0.4) is 0 Å². The van der Waals surface area contributed by atoms with Crippen molar-refractivity contribution in [3.05, 3.63) is 77.9 Å². The Kier molecular flexibility index (Phi) is 6.31. The fourth-order valence-electron chi connectivity index (χ4n) is 4.37. The van der Waals surface area contributed by atoms with Gasteiger partial charge in [0.15, 0.2) is 11.7 Å². The van der Waals surface area contributed by atoms with E-state index < -0.39 is 11.6 Å². The predicted molar refractivity (Wildman–Crippen MR) is 125 cm³/mol. The minimum atomic E-state index is -0.735. The maximum Gasteiger partial charge on any atom is 0.227 e. The van der Waals surface area contributed by atoms with Crippen molar-refractivity contribution in [3.63, 3.8) is 0 Å². The zero-order valence-electron chi connectivity index (χ0n) is 19.0. The van der Waals surface area contributed by atoms with E-state index in [1.54, 1.807) is 9.80 Å². The monoisotopic (exact) mass is 478 g/mol. The molecule has 0 atom stereocenters. The second kappa shape index (κ2) is 9.69. The normalized spacial score (nSPS) is 14.0. The largest absolute Gasteiger partial charge is 0.441 e. The summed E-state index contributed by atoms with van der Waals surface area (Å²) in [6.45, 7) is 1.91. The average Bonchev–Trinajstić information content (AvgIpc) is 3.50. The fraction of sp³-hybridized carbons (Fsp3) is 0.269. The lowest BCUT2D eigenvalue weighted by Gasteiger charge is -2.34. The van der Waals surface area contributed by atoms with E-state index in [1.165, 1.54) is 12.3 Å². The van der Waals surface area contributed by atoms with Gasteiger partial charge < -0.3 is 19.2 Å². The van der Waals surface area contributed by atoms with Crippen molar-refractivity contribution in [3.8, 4) is 11.3 Å². The highest BCUT2D eigenvalue weighted by molar-refractivity contribution is 5.89. The molecule has 0 saturated carbocycles. The summed E-state index contributed by atoms with van der Waals surface area (Å²) in [7, 11) is 0. The lowest BCUT2D eigenvalue weighted by atomic mass is 10.1. The third-order valence-electron chi connectivity index (χ3n) is 6.30. The molecule has 1 aliphatic rings. The molecular formula is C26H24F2N4O3. The SMILES string of the molecule is O=C(CCc1ncc(-c2ccc(F)cc2F)o1)N1CCN(C(=O)Cc2c[nH]c3ccccc23)CC1. The van der Waals surface area contributed by atoms with E-state index in [-0.39, 0.29) is 36.0 Å². The Hall–Kier alpha value is -4.01. The number of fused-ring (bicyclic) bond motifs is 1. The Labute approximate surface area is 200 Å². The number of para-hydroxylation sites is 1. The van der Waals surface area contributed by atoms with Crippen molar-refractivity contribution in [2.75, 3.05) is 26.2 Å². The van der Waals surface area contributed by atoms with Crippen LogP contribution in [0.15, 0.2) is 59.3 Å². The first-order valence-electron chi connectivity index (χ1n) is 11.5. The molecule has 2 aromatic carbocycles. The number of nitrogens with zero attached hydrogens (tertiary/aromatic N) is 3. The molecule has 1 N–H and O–H groups in total. The van der Waals surface area contributed by atoms with Crippen LogP contribution in [0.25, 0.3) is 22.2 Å². The van der Waals surface area contributed by atoms with Gasteiger partial charge in [0.2, 0.25) is 11.8 Å². The van der Waals surface area contributed by atoms with Crippen LogP contribution in [0.2, 0.25) is 0 Å². The van der Waals surface area contributed by atoms with Crippen molar-refractivity contribution in [1.29, 1.82) is 0 Å². The third kappa shape index (κ3) is 4.94. The number of nitrogens with one attached hydrogen (secondary N) is 1.